The molecule has 0 aliphatic heterocycles. The second-order valence-electron chi connectivity index (χ2n) is 3.66. The van der Waals surface area contributed by atoms with Crippen molar-refractivity contribution in [1.82, 2.24) is 9.97 Å². The monoisotopic (exact) mass is 342 g/mol. The third-order valence-electron chi connectivity index (χ3n) is 2.57. The van der Waals surface area contributed by atoms with Gasteiger partial charge in [-0.25, -0.2) is 4.98 Å². The Morgan fingerprint density at radius 1 is 1.44 bits per heavy atom. The number of aromatic amines is 1. The fourth-order valence-electron chi connectivity index (χ4n) is 1.65. The Labute approximate surface area is 112 Å². The molecule has 1 aromatic carbocycles. The Morgan fingerprint density at radius 3 is 2.94 bits per heavy atom. The lowest BCUT2D eigenvalue weighted by Crippen LogP contribution is -1.99. The van der Waals surface area contributed by atoms with Gasteiger partial charge in [-0.3, -0.25) is 0 Å². The molecule has 1 unspecified atom stereocenters. The zero-order chi connectivity index (χ0) is 11.5. The van der Waals surface area contributed by atoms with Gasteiger partial charge in [-0.15, -0.1) is 0 Å². The van der Waals surface area contributed by atoms with Gasteiger partial charge in [0.2, 0.25) is 0 Å². The average molecular weight is 344 g/mol. The van der Waals surface area contributed by atoms with Crippen molar-refractivity contribution in [2.45, 2.75) is 18.2 Å². The molecule has 0 fully saturated rings. The molecule has 2 aromatic rings. The molecule has 1 N–H and O–H groups in total. The van der Waals surface area contributed by atoms with Gasteiger partial charge >= 0.3 is 0 Å². The first-order valence-electron chi connectivity index (χ1n) is 5.06. The second kappa shape index (κ2) is 5.15. The largest absolute Gasteiger partial charge is 0.349 e. The van der Waals surface area contributed by atoms with Crippen LogP contribution in [-0.2, 0) is 6.42 Å². The third kappa shape index (κ3) is 2.55. The van der Waals surface area contributed by atoms with Gasteiger partial charge in [-0.1, -0.05) is 44.0 Å². The van der Waals surface area contributed by atoms with E-state index < -0.39 is 0 Å². The van der Waals surface area contributed by atoms with Crippen LogP contribution in [0.25, 0.3) is 0 Å². The summed E-state index contributed by atoms with van der Waals surface area (Å²) in [5, 5.41) is 0. The lowest BCUT2D eigenvalue weighted by atomic mass is 10.0. The van der Waals surface area contributed by atoms with Crippen LogP contribution in [0.15, 0.2) is 35.1 Å². The third-order valence-corrected chi connectivity index (χ3v) is 4.25. The molecule has 1 aromatic heterocycles. The lowest BCUT2D eigenvalue weighted by molar-refractivity contribution is 0.869. The summed E-state index contributed by atoms with van der Waals surface area (Å²) in [6.45, 7) is 2.12. The normalized spacial score (nSPS) is 12.7. The number of H-pyrrole nitrogens is 1. The van der Waals surface area contributed by atoms with Crippen molar-refractivity contribution >= 4 is 31.9 Å². The summed E-state index contributed by atoms with van der Waals surface area (Å²) in [6, 6.07) is 6.26. The number of nitrogens with zero attached hydrogens (tertiary/aromatic N) is 1. The number of nitrogens with one attached hydrogen (secondary N) is 1. The molecule has 1 atom stereocenters. The van der Waals surface area contributed by atoms with Crippen molar-refractivity contribution in [3.63, 3.8) is 0 Å². The van der Waals surface area contributed by atoms with Crippen LogP contribution >= 0.6 is 31.9 Å². The van der Waals surface area contributed by atoms with E-state index in [-0.39, 0.29) is 4.83 Å². The van der Waals surface area contributed by atoms with Crippen molar-refractivity contribution in [3.8, 4) is 0 Å². The first kappa shape index (κ1) is 11.9. The topological polar surface area (TPSA) is 28.7 Å². The number of hydrogen-bond donors (Lipinski definition) is 1. The van der Waals surface area contributed by atoms with Crippen molar-refractivity contribution in [1.29, 1.82) is 0 Å². The Morgan fingerprint density at radius 2 is 2.25 bits per heavy atom. The Bertz CT molecular complexity index is 466. The maximum Gasteiger partial charge on any atom is 0.107 e. The molecule has 1 heterocycles. The first-order chi connectivity index (χ1) is 7.68. The van der Waals surface area contributed by atoms with E-state index in [9.17, 15) is 0 Å². The van der Waals surface area contributed by atoms with Crippen molar-refractivity contribution < 1.29 is 0 Å². The average Bonchev–Trinajstić information content (AvgIpc) is 2.74. The van der Waals surface area contributed by atoms with Crippen molar-refractivity contribution in [2.24, 2.45) is 0 Å². The predicted molar refractivity (Wildman–Crippen MR) is 72.8 cm³/mol. The van der Waals surface area contributed by atoms with Gasteiger partial charge in [0.1, 0.15) is 5.82 Å². The van der Waals surface area contributed by atoms with Crippen LogP contribution in [0.4, 0.5) is 0 Å². The molecule has 2 rings (SSSR count). The Kier molecular flexibility index (Phi) is 3.82. The first-order valence-corrected chi connectivity index (χ1v) is 6.76. The minimum absolute atomic E-state index is 0.288. The summed E-state index contributed by atoms with van der Waals surface area (Å²) >= 11 is 7.26. The highest BCUT2D eigenvalue weighted by molar-refractivity contribution is 9.10. The molecule has 0 saturated carbocycles. The molecule has 0 aliphatic rings. The second-order valence-corrected chi connectivity index (χ2v) is 5.62. The van der Waals surface area contributed by atoms with Gasteiger partial charge in [0.05, 0.1) is 0 Å². The van der Waals surface area contributed by atoms with Gasteiger partial charge in [-0.2, -0.15) is 0 Å². The highest BCUT2D eigenvalue weighted by Gasteiger charge is 2.13. The summed E-state index contributed by atoms with van der Waals surface area (Å²) in [7, 11) is 0. The molecular formula is C12H12Br2N2. The molecule has 0 aliphatic carbocycles. The van der Waals surface area contributed by atoms with E-state index in [2.05, 4.69) is 67.0 Å². The molecule has 0 saturated heterocycles. The Balaban J connectivity index is 2.21. The van der Waals surface area contributed by atoms with Gasteiger partial charge in [0.15, 0.2) is 0 Å². The molecule has 0 spiro atoms. The van der Waals surface area contributed by atoms with Crippen LogP contribution in [-0.4, -0.2) is 9.97 Å². The maximum atomic E-state index is 4.24. The van der Waals surface area contributed by atoms with Gasteiger partial charge in [-0.05, 0) is 24.1 Å². The smallest absolute Gasteiger partial charge is 0.107 e. The van der Waals surface area contributed by atoms with E-state index in [1.165, 1.54) is 11.1 Å². The number of benzene rings is 1. The molecule has 16 heavy (non-hydrogen) atoms. The van der Waals surface area contributed by atoms with E-state index in [0.29, 0.717) is 0 Å². The molecule has 2 nitrogen and oxygen atoms in total. The summed E-state index contributed by atoms with van der Waals surface area (Å²) in [4.78, 5) is 7.64. The Hall–Kier alpha value is -0.610. The number of hydrogen-bond acceptors (Lipinski definition) is 1. The van der Waals surface area contributed by atoms with Crippen LogP contribution in [0.3, 0.4) is 0 Å². The molecule has 0 bridgehead atoms. The highest BCUT2D eigenvalue weighted by Crippen LogP contribution is 2.31. The SMILES string of the molecule is Cc1c(Br)cccc1C(Br)Cc1ncc[nH]1. The molecule has 84 valence electrons. The van der Waals surface area contributed by atoms with Gasteiger partial charge in [0, 0.05) is 28.1 Å². The minimum Gasteiger partial charge on any atom is -0.349 e. The summed E-state index contributed by atoms with van der Waals surface area (Å²) in [5.74, 6) is 1.00. The fourth-order valence-corrected chi connectivity index (χ4v) is 2.84. The van der Waals surface area contributed by atoms with E-state index >= 15 is 0 Å². The van der Waals surface area contributed by atoms with Crippen molar-refractivity contribution in [3.05, 3.63) is 52.0 Å². The lowest BCUT2D eigenvalue weighted by Gasteiger charge is -2.12. The minimum atomic E-state index is 0.288. The number of halogens is 2. The van der Waals surface area contributed by atoms with Crippen LogP contribution in [0, 0.1) is 6.92 Å². The summed E-state index contributed by atoms with van der Waals surface area (Å²) in [6.07, 6.45) is 4.50. The molecule has 4 heteroatoms. The standard InChI is InChI=1S/C12H12Br2N2/c1-8-9(3-2-4-10(8)13)11(14)7-12-15-5-6-16-12/h2-6,11H,7H2,1H3,(H,15,16). The zero-order valence-corrected chi connectivity index (χ0v) is 12.0. The quantitative estimate of drug-likeness (QED) is 0.833. The number of imidazole rings is 1. The zero-order valence-electron chi connectivity index (χ0n) is 8.87. The predicted octanol–water partition coefficient (Wildman–Crippen LogP) is 4.16. The van der Waals surface area contributed by atoms with Gasteiger partial charge in [0.25, 0.3) is 0 Å². The van der Waals surface area contributed by atoms with Crippen molar-refractivity contribution in [2.75, 3.05) is 0 Å². The molecule has 0 amide bonds. The van der Waals surface area contributed by atoms with E-state index in [4.69, 9.17) is 0 Å². The van der Waals surface area contributed by atoms with Crippen LogP contribution in [0.2, 0.25) is 0 Å². The van der Waals surface area contributed by atoms with Gasteiger partial charge < -0.3 is 4.98 Å². The molecular weight excluding hydrogens is 332 g/mol. The van der Waals surface area contributed by atoms with E-state index in [1.807, 2.05) is 6.20 Å². The van der Waals surface area contributed by atoms with E-state index in [1.54, 1.807) is 6.20 Å². The molecule has 0 radical (unpaired) electrons. The summed E-state index contributed by atoms with van der Waals surface area (Å²) in [5.41, 5.74) is 2.57. The number of alkyl halides is 1. The highest BCUT2D eigenvalue weighted by atomic mass is 79.9. The fraction of sp³-hybridized carbons (Fsp3) is 0.250. The van der Waals surface area contributed by atoms with Crippen LogP contribution < -0.4 is 0 Å². The summed E-state index contributed by atoms with van der Waals surface area (Å²) < 4.78 is 1.15. The van der Waals surface area contributed by atoms with Crippen LogP contribution in [0.5, 0.6) is 0 Å². The maximum absolute atomic E-state index is 4.24. The number of rotatable bonds is 3. The van der Waals surface area contributed by atoms with E-state index in [0.717, 1.165) is 16.7 Å². The van der Waals surface area contributed by atoms with Crippen LogP contribution in [0.1, 0.15) is 21.8 Å². The number of aromatic nitrogens is 2.